The largest absolute Gasteiger partial charge is 0.273 e. The number of imide groups is 1. The number of carbonyl (C=O) groups is 2. The highest BCUT2D eigenvalue weighted by molar-refractivity contribution is 9.10. The quantitative estimate of drug-likeness (QED) is 0.389. The van der Waals surface area contributed by atoms with Crippen LogP contribution in [0.4, 0.5) is 15.8 Å². The molecule has 3 atom stereocenters. The zero-order valence-corrected chi connectivity index (χ0v) is 19.3. The molecule has 3 aromatic rings. The minimum atomic E-state index is -1.05. The van der Waals surface area contributed by atoms with E-state index in [1.54, 1.807) is 17.2 Å². The van der Waals surface area contributed by atoms with Crippen LogP contribution < -0.4 is 9.96 Å². The summed E-state index contributed by atoms with van der Waals surface area (Å²) in [6.45, 7) is 0. The lowest BCUT2D eigenvalue weighted by Crippen LogP contribution is -2.37. The molecule has 0 N–H and O–H groups in total. The summed E-state index contributed by atoms with van der Waals surface area (Å²) in [6.07, 6.45) is -1.05. The Bertz CT molecular complexity index is 1220. The molecule has 0 saturated carbocycles. The average molecular weight is 536 g/mol. The van der Waals surface area contributed by atoms with Gasteiger partial charge in [0.25, 0.3) is 5.91 Å². The number of para-hydroxylation sites is 1. The first-order chi connectivity index (χ1) is 15.3. The molecule has 0 aromatic heterocycles. The van der Waals surface area contributed by atoms with Crippen molar-refractivity contribution in [2.75, 3.05) is 9.96 Å². The zero-order valence-electron chi connectivity index (χ0n) is 16.2. The summed E-state index contributed by atoms with van der Waals surface area (Å²) in [7, 11) is 0. The Kier molecular flexibility index (Phi) is 5.45. The number of rotatable bonds is 3. The van der Waals surface area contributed by atoms with Crippen molar-refractivity contribution in [3.8, 4) is 0 Å². The number of halogens is 4. The smallest absolute Gasteiger partial charge is 0.266 e. The van der Waals surface area contributed by atoms with Crippen molar-refractivity contribution in [2.45, 2.75) is 12.1 Å². The number of hydrogen-bond donors (Lipinski definition) is 0. The molecule has 162 valence electrons. The van der Waals surface area contributed by atoms with Crippen molar-refractivity contribution in [1.29, 1.82) is 0 Å². The summed E-state index contributed by atoms with van der Waals surface area (Å²) in [5, 5.41) is 2.15. The van der Waals surface area contributed by atoms with Gasteiger partial charge in [0.05, 0.1) is 21.9 Å². The molecule has 32 heavy (non-hydrogen) atoms. The third-order valence-corrected chi connectivity index (χ3v) is 6.56. The van der Waals surface area contributed by atoms with Gasteiger partial charge in [0.15, 0.2) is 6.10 Å². The van der Waals surface area contributed by atoms with E-state index in [0.717, 1.165) is 4.90 Å². The second-order valence-electron chi connectivity index (χ2n) is 7.47. The fourth-order valence-electron chi connectivity index (χ4n) is 4.17. The van der Waals surface area contributed by atoms with Crippen molar-refractivity contribution >= 4 is 62.3 Å². The molecule has 2 amide bonds. The molecule has 5 nitrogen and oxygen atoms in total. The Morgan fingerprint density at radius 2 is 1.56 bits per heavy atom. The normalized spacial score (nSPS) is 22.6. The second-order valence-corrected chi connectivity index (χ2v) is 9.20. The lowest BCUT2D eigenvalue weighted by Gasteiger charge is -2.29. The van der Waals surface area contributed by atoms with Crippen molar-refractivity contribution in [1.82, 2.24) is 0 Å². The van der Waals surface area contributed by atoms with E-state index in [1.165, 1.54) is 24.3 Å². The summed E-state index contributed by atoms with van der Waals surface area (Å²) >= 11 is 15.4. The van der Waals surface area contributed by atoms with Gasteiger partial charge >= 0.3 is 0 Å². The molecule has 0 radical (unpaired) electrons. The van der Waals surface area contributed by atoms with E-state index in [4.69, 9.17) is 28.0 Å². The second kappa shape index (κ2) is 8.15. The van der Waals surface area contributed by atoms with Crippen LogP contribution in [-0.2, 0) is 14.4 Å². The van der Waals surface area contributed by atoms with Gasteiger partial charge in [-0.3, -0.25) is 14.4 Å². The third kappa shape index (κ3) is 3.49. The van der Waals surface area contributed by atoms with Crippen molar-refractivity contribution in [3.05, 3.63) is 92.6 Å². The fraction of sp³-hybridized carbons (Fsp3) is 0.130. The lowest BCUT2D eigenvalue weighted by atomic mass is 9.90. The number of fused-ring (bicyclic) bond motifs is 1. The molecule has 5 rings (SSSR count). The molecule has 2 aliphatic heterocycles. The highest BCUT2D eigenvalue weighted by atomic mass is 79.9. The highest BCUT2D eigenvalue weighted by Crippen LogP contribution is 2.48. The average Bonchev–Trinajstić information content (AvgIpc) is 3.26. The lowest BCUT2D eigenvalue weighted by molar-refractivity contribution is -0.126. The molecule has 0 aliphatic carbocycles. The van der Waals surface area contributed by atoms with Crippen LogP contribution in [-0.4, -0.2) is 17.9 Å². The van der Waals surface area contributed by atoms with E-state index in [0.29, 0.717) is 21.3 Å². The molecule has 2 aliphatic rings. The fourth-order valence-corrected chi connectivity index (χ4v) is 5.08. The summed E-state index contributed by atoms with van der Waals surface area (Å²) < 4.78 is 14.2. The predicted octanol–water partition coefficient (Wildman–Crippen LogP) is 5.95. The van der Waals surface area contributed by atoms with Crippen LogP contribution in [0, 0.1) is 11.7 Å². The van der Waals surface area contributed by atoms with E-state index in [-0.39, 0.29) is 10.2 Å². The Labute approximate surface area is 201 Å². The van der Waals surface area contributed by atoms with Gasteiger partial charge in [-0.2, -0.15) is 0 Å². The molecule has 2 heterocycles. The topological polar surface area (TPSA) is 49.9 Å². The van der Waals surface area contributed by atoms with Gasteiger partial charge < -0.3 is 0 Å². The highest BCUT2D eigenvalue weighted by Gasteiger charge is 2.60. The van der Waals surface area contributed by atoms with Crippen molar-refractivity contribution in [3.63, 3.8) is 0 Å². The molecule has 0 bridgehead atoms. The van der Waals surface area contributed by atoms with Crippen LogP contribution >= 0.6 is 39.1 Å². The maximum atomic E-state index is 13.9. The van der Waals surface area contributed by atoms with E-state index in [1.807, 2.05) is 30.3 Å². The zero-order chi connectivity index (χ0) is 22.6. The van der Waals surface area contributed by atoms with Crippen LogP contribution in [0.1, 0.15) is 11.6 Å². The molecular weight excluding hydrogens is 522 g/mol. The first-order valence-electron chi connectivity index (χ1n) is 9.65. The Balaban J connectivity index is 1.61. The van der Waals surface area contributed by atoms with E-state index < -0.39 is 35.7 Å². The molecule has 0 spiro atoms. The monoisotopic (exact) mass is 534 g/mol. The molecule has 0 unspecified atom stereocenters. The van der Waals surface area contributed by atoms with Gasteiger partial charge in [0.2, 0.25) is 5.91 Å². The number of hydrogen-bond acceptors (Lipinski definition) is 4. The summed E-state index contributed by atoms with van der Waals surface area (Å²) in [5.74, 6) is -2.23. The number of hydroxylamine groups is 1. The maximum Gasteiger partial charge on any atom is 0.266 e. The summed E-state index contributed by atoms with van der Waals surface area (Å²) in [5.41, 5.74) is 1.58. The number of anilines is 2. The van der Waals surface area contributed by atoms with E-state index in [9.17, 15) is 14.0 Å². The maximum absolute atomic E-state index is 13.9. The van der Waals surface area contributed by atoms with E-state index in [2.05, 4.69) is 15.9 Å². The molecule has 3 aromatic carbocycles. The standard InChI is InChI=1S/C23H14BrCl2FN2O3/c24-17-8-12(6-7-18(17)27)20-19-21(32-29(20)15-4-2-1-3-5-15)23(31)28(22(19)30)16-10-13(25)9-14(26)11-16/h1-11,19-21H/t19-,20-,21+/m0/s1. The van der Waals surface area contributed by atoms with Crippen molar-refractivity contribution < 1.29 is 18.8 Å². The Morgan fingerprint density at radius 3 is 2.22 bits per heavy atom. The molecular formula is C23H14BrCl2FN2O3. The minimum absolute atomic E-state index is 0.252. The number of benzene rings is 3. The van der Waals surface area contributed by atoms with Gasteiger partial charge in [-0.05, 0) is 64.0 Å². The summed E-state index contributed by atoms with van der Waals surface area (Å²) in [6, 6.07) is 17.5. The molecule has 2 saturated heterocycles. The molecule has 2 fully saturated rings. The predicted molar refractivity (Wildman–Crippen MR) is 123 cm³/mol. The SMILES string of the molecule is O=C1[C@@H]2[C@@H](ON(c3ccccc3)[C@H]2c2ccc(F)c(Br)c2)C(=O)N1c1cc(Cl)cc(Cl)c1. The van der Waals surface area contributed by atoms with Crippen LogP contribution in [0.3, 0.4) is 0 Å². The van der Waals surface area contributed by atoms with Crippen LogP contribution in [0.15, 0.2) is 71.2 Å². The number of carbonyl (C=O) groups excluding carboxylic acids is 2. The van der Waals surface area contributed by atoms with Crippen LogP contribution in [0.2, 0.25) is 10.0 Å². The third-order valence-electron chi connectivity index (χ3n) is 5.52. The Morgan fingerprint density at radius 1 is 0.875 bits per heavy atom. The first kappa shape index (κ1) is 21.4. The van der Waals surface area contributed by atoms with Crippen LogP contribution in [0.25, 0.3) is 0 Å². The van der Waals surface area contributed by atoms with E-state index >= 15 is 0 Å². The van der Waals surface area contributed by atoms with Gasteiger partial charge in [-0.1, -0.05) is 47.5 Å². The van der Waals surface area contributed by atoms with Gasteiger partial charge in [0, 0.05) is 10.0 Å². The van der Waals surface area contributed by atoms with Gasteiger partial charge in [-0.15, -0.1) is 0 Å². The van der Waals surface area contributed by atoms with Crippen molar-refractivity contribution in [2.24, 2.45) is 5.92 Å². The first-order valence-corrected chi connectivity index (χ1v) is 11.2. The number of nitrogens with zero attached hydrogens (tertiary/aromatic N) is 2. The van der Waals surface area contributed by atoms with Crippen LogP contribution in [0.5, 0.6) is 0 Å². The number of amides is 2. The molecule has 9 heteroatoms. The summed E-state index contributed by atoms with van der Waals surface area (Å²) in [4.78, 5) is 34.0. The minimum Gasteiger partial charge on any atom is -0.273 e. The van der Waals surface area contributed by atoms with Gasteiger partial charge in [-0.25, -0.2) is 14.4 Å². The Hall–Kier alpha value is -2.45. The van der Waals surface area contributed by atoms with Gasteiger partial charge in [0.1, 0.15) is 11.7 Å².